The van der Waals surface area contributed by atoms with Gasteiger partial charge in [-0.3, -0.25) is 0 Å². The van der Waals surface area contributed by atoms with Gasteiger partial charge < -0.3 is 14.8 Å². The van der Waals surface area contributed by atoms with E-state index in [4.69, 9.17) is 0 Å². The largest absolute Gasteiger partial charge is 0.353 e. The molecule has 0 aromatic carbocycles. The fourth-order valence-corrected chi connectivity index (χ4v) is 2.53. The molecule has 0 atom stereocenters. The van der Waals surface area contributed by atoms with Crippen LogP contribution >= 0.6 is 0 Å². The van der Waals surface area contributed by atoms with Gasteiger partial charge in [-0.1, -0.05) is 0 Å². The van der Waals surface area contributed by atoms with Crippen LogP contribution in [0.5, 0.6) is 0 Å². The summed E-state index contributed by atoms with van der Waals surface area (Å²) >= 11 is 0. The van der Waals surface area contributed by atoms with E-state index >= 15 is 0 Å². The second-order valence-electron chi connectivity index (χ2n) is 5.57. The molecular formula is C13H22N4. The van der Waals surface area contributed by atoms with E-state index in [1.165, 1.54) is 38.8 Å². The number of imidazole rings is 1. The van der Waals surface area contributed by atoms with Crippen molar-refractivity contribution >= 4 is 5.95 Å². The lowest BCUT2D eigenvalue weighted by molar-refractivity contribution is 0.205. The van der Waals surface area contributed by atoms with Crippen LogP contribution in [0.1, 0.15) is 25.7 Å². The van der Waals surface area contributed by atoms with E-state index < -0.39 is 0 Å². The van der Waals surface area contributed by atoms with Crippen molar-refractivity contribution in [3.05, 3.63) is 12.4 Å². The van der Waals surface area contributed by atoms with Crippen molar-refractivity contribution in [2.24, 2.45) is 5.92 Å². The van der Waals surface area contributed by atoms with Gasteiger partial charge in [-0.15, -0.1) is 0 Å². The standard InChI is InChI=1S/C13H22N4/c1-16-7-4-11(5-8-16)10-17-9-6-14-13(17)15-12-2-3-12/h6,9,11-12H,2-5,7-8,10H2,1H3,(H,14,15). The number of piperidine rings is 1. The molecule has 2 heterocycles. The van der Waals surface area contributed by atoms with Crippen molar-refractivity contribution in [2.45, 2.75) is 38.3 Å². The summed E-state index contributed by atoms with van der Waals surface area (Å²) < 4.78 is 2.30. The second kappa shape index (κ2) is 4.69. The highest BCUT2D eigenvalue weighted by Gasteiger charge is 2.23. The zero-order chi connectivity index (χ0) is 11.7. The van der Waals surface area contributed by atoms with Crippen molar-refractivity contribution in [1.29, 1.82) is 0 Å². The average molecular weight is 234 g/mol. The molecule has 1 saturated carbocycles. The van der Waals surface area contributed by atoms with Gasteiger partial charge in [0.2, 0.25) is 5.95 Å². The average Bonchev–Trinajstić information content (AvgIpc) is 3.03. The van der Waals surface area contributed by atoms with Gasteiger partial charge in [0.1, 0.15) is 0 Å². The van der Waals surface area contributed by atoms with E-state index in [-0.39, 0.29) is 0 Å². The summed E-state index contributed by atoms with van der Waals surface area (Å²) in [6.07, 6.45) is 9.28. The Balaban J connectivity index is 1.58. The molecule has 2 fully saturated rings. The molecule has 94 valence electrons. The van der Waals surface area contributed by atoms with Crippen LogP contribution in [0.4, 0.5) is 5.95 Å². The first-order valence-electron chi connectivity index (χ1n) is 6.77. The van der Waals surface area contributed by atoms with Crippen LogP contribution in [0, 0.1) is 5.92 Å². The quantitative estimate of drug-likeness (QED) is 0.862. The van der Waals surface area contributed by atoms with Crippen LogP contribution in [0.3, 0.4) is 0 Å². The Kier molecular flexibility index (Phi) is 3.05. The normalized spacial score (nSPS) is 22.9. The van der Waals surface area contributed by atoms with Gasteiger partial charge in [0.25, 0.3) is 0 Å². The van der Waals surface area contributed by atoms with Crippen molar-refractivity contribution in [1.82, 2.24) is 14.5 Å². The second-order valence-corrected chi connectivity index (χ2v) is 5.57. The third kappa shape index (κ3) is 2.80. The van der Waals surface area contributed by atoms with Gasteiger partial charge in [-0.05, 0) is 51.7 Å². The van der Waals surface area contributed by atoms with Gasteiger partial charge in [0.05, 0.1) is 0 Å². The number of hydrogen-bond acceptors (Lipinski definition) is 3. The van der Waals surface area contributed by atoms with E-state index in [2.05, 4.69) is 33.0 Å². The minimum atomic E-state index is 0.689. The first-order valence-corrected chi connectivity index (χ1v) is 6.77. The first kappa shape index (κ1) is 11.1. The molecule has 1 aromatic rings. The summed E-state index contributed by atoms with van der Waals surface area (Å²) in [7, 11) is 2.22. The molecule has 1 aromatic heterocycles. The fraction of sp³-hybridized carbons (Fsp3) is 0.769. The Labute approximate surface area is 103 Å². The van der Waals surface area contributed by atoms with Crippen LogP contribution in [-0.4, -0.2) is 40.6 Å². The highest BCUT2D eigenvalue weighted by Crippen LogP contribution is 2.25. The number of nitrogens with zero attached hydrogens (tertiary/aromatic N) is 3. The molecule has 1 saturated heterocycles. The summed E-state index contributed by atoms with van der Waals surface area (Å²) in [5.74, 6) is 1.89. The molecule has 1 N–H and O–H groups in total. The third-order valence-electron chi connectivity index (χ3n) is 3.92. The van der Waals surface area contributed by atoms with Gasteiger partial charge in [-0.2, -0.15) is 0 Å². The molecule has 2 aliphatic rings. The number of aromatic nitrogens is 2. The first-order chi connectivity index (χ1) is 8.31. The predicted octanol–water partition coefficient (Wildman–Crippen LogP) is 1.80. The predicted molar refractivity (Wildman–Crippen MR) is 69.1 cm³/mol. The minimum Gasteiger partial charge on any atom is -0.353 e. The summed E-state index contributed by atoms with van der Waals surface area (Å²) in [6, 6.07) is 0.689. The molecule has 0 radical (unpaired) electrons. The zero-order valence-electron chi connectivity index (χ0n) is 10.6. The Morgan fingerprint density at radius 3 is 2.76 bits per heavy atom. The highest BCUT2D eigenvalue weighted by molar-refractivity contribution is 5.29. The van der Waals surface area contributed by atoms with Crippen LogP contribution in [0.25, 0.3) is 0 Å². The molecule has 0 spiro atoms. The summed E-state index contributed by atoms with van der Waals surface area (Å²) in [4.78, 5) is 6.84. The fourth-order valence-electron chi connectivity index (χ4n) is 2.53. The lowest BCUT2D eigenvalue weighted by Crippen LogP contribution is -2.32. The highest BCUT2D eigenvalue weighted by atomic mass is 15.2. The number of hydrogen-bond donors (Lipinski definition) is 1. The van der Waals surface area contributed by atoms with Crippen LogP contribution < -0.4 is 5.32 Å². The molecule has 17 heavy (non-hydrogen) atoms. The van der Waals surface area contributed by atoms with E-state index in [1.807, 2.05) is 6.20 Å². The molecule has 4 heteroatoms. The summed E-state index contributed by atoms with van der Waals surface area (Å²) in [6.45, 7) is 3.61. The zero-order valence-corrected chi connectivity index (χ0v) is 10.6. The Morgan fingerprint density at radius 2 is 2.06 bits per heavy atom. The maximum atomic E-state index is 4.42. The van der Waals surface area contributed by atoms with Crippen LogP contribution in [-0.2, 0) is 6.54 Å². The minimum absolute atomic E-state index is 0.689. The third-order valence-corrected chi connectivity index (χ3v) is 3.92. The maximum Gasteiger partial charge on any atom is 0.202 e. The van der Waals surface area contributed by atoms with Gasteiger partial charge >= 0.3 is 0 Å². The number of nitrogens with one attached hydrogen (secondary N) is 1. The van der Waals surface area contributed by atoms with E-state index in [9.17, 15) is 0 Å². The summed E-state index contributed by atoms with van der Waals surface area (Å²) in [5.41, 5.74) is 0. The van der Waals surface area contributed by atoms with Crippen LogP contribution in [0.2, 0.25) is 0 Å². The molecular weight excluding hydrogens is 212 g/mol. The molecule has 3 rings (SSSR count). The van der Waals surface area contributed by atoms with Gasteiger partial charge in [0, 0.05) is 25.0 Å². The Morgan fingerprint density at radius 1 is 1.29 bits per heavy atom. The topological polar surface area (TPSA) is 33.1 Å². The van der Waals surface area contributed by atoms with Crippen molar-refractivity contribution in [3.8, 4) is 0 Å². The Hall–Kier alpha value is -1.03. The van der Waals surface area contributed by atoms with E-state index in [0.29, 0.717) is 6.04 Å². The monoisotopic (exact) mass is 234 g/mol. The Bertz CT molecular complexity index is 361. The number of rotatable bonds is 4. The number of anilines is 1. The van der Waals surface area contributed by atoms with E-state index in [0.717, 1.165) is 18.4 Å². The van der Waals surface area contributed by atoms with E-state index in [1.54, 1.807) is 0 Å². The van der Waals surface area contributed by atoms with Gasteiger partial charge in [0.15, 0.2) is 0 Å². The summed E-state index contributed by atoms with van der Waals surface area (Å²) in [5, 5.41) is 3.50. The lowest BCUT2D eigenvalue weighted by Gasteiger charge is -2.29. The molecule has 1 aliphatic carbocycles. The molecule has 0 unspecified atom stereocenters. The van der Waals surface area contributed by atoms with Gasteiger partial charge in [-0.25, -0.2) is 4.98 Å². The molecule has 4 nitrogen and oxygen atoms in total. The number of likely N-dealkylation sites (tertiary alicyclic amines) is 1. The molecule has 0 bridgehead atoms. The molecule has 1 aliphatic heterocycles. The lowest BCUT2D eigenvalue weighted by atomic mass is 9.97. The molecule has 0 amide bonds. The van der Waals surface area contributed by atoms with Crippen LogP contribution in [0.15, 0.2) is 12.4 Å². The maximum absolute atomic E-state index is 4.42. The SMILES string of the molecule is CN1CCC(Cn2ccnc2NC2CC2)CC1. The smallest absolute Gasteiger partial charge is 0.202 e. The van der Waals surface area contributed by atoms with Crippen molar-refractivity contribution < 1.29 is 0 Å². The van der Waals surface area contributed by atoms with Crippen molar-refractivity contribution in [3.63, 3.8) is 0 Å². The van der Waals surface area contributed by atoms with Crippen molar-refractivity contribution in [2.75, 3.05) is 25.5 Å².